The predicted octanol–water partition coefficient (Wildman–Crippen LogP) is 2.13. The summed E-state index contributed by atoms with van der Waals surface area (Å²) in [5.74, 6) is 0.505. The van der Waals surface area contributed by atoms with Gasteiger partial charge in [-0.2, -0.15) is 0 Å². The quantitative estimate of drug-likeness (QED) is 0.495. The summed E-state index contributed by atoms with van der Waals surface area (Å²) in [5, 5.41) is 0. The monoisotopic (exact) mass is 145 g/mol. The molecule has 11 heavy (non-hydrogen) atoms. The molecule has 0 radical (unpaired) electrons. The summed E-state index contributed by atoms with van der Waals surface area (Å²) in [6, 6.07) is 0.380. The Bertz CT molecular complexity index is 269. The second kappa shape index (κ2) is 2.50. The normalized spacial score (nSPS) is 33.4. The first-order valence-electron chi connectivity index (χ1n) is 3.93. The van der Waals surface area contributed by atoms with E-state index in [1.807, 2.05) is 12.3 Å². The molecule has 0 aromatic carbocycles. The number of aliphatic imine (C=N–C) groups is 1. The molecule has 1 nitrogen and oxygen atoms in total. The van der Waals surface area contributed by atoms with E-state index in [0.29, 0.717) is 12.0 Å². The molecule has 1 heterocycles. The third-order valence-corrected chi connectivity index (χ3v) is 2.19. The SMILES string of the molecule is CC1=CC=CC2C=CC=NC12. The van der Waals surface area contributed by atoms with E-state index in [9.17, 15) is 0 Å². The molecule has 56 valence electrons. The first kappa shape index (κ1) is 6.59. The summed E-state index contributed by atoms with van der Waals surface area (Å²) < 4.78 is 0. The van der Waals surface area contributed by atoms with Gasteiger partial charge in [0, 0.05) is 12.1 Å². The van der Waals surface area contributed by atoms with Crippen molar-refractivity contribution in [3.63, 3.8) is 0 Å². The van der Waals surface area contributed by atoms with E-state index in [0.717, 1.165) is 0 Å². The van der Waals surface area contributed by atoms with Gasteiger partial charge in [-0.25, -0.2) is 0 Å². The zero-order chi connectivity index (χ0) is 7.68. The van der Waals surface area contributed by atoms with Crippen molar-refractivity contribution in [3.05, 3.63) is 36.0 Å². The van der Waals surface area contributed by atoms with E-state index in [1.165, 1.54) is 5.57 Å². The van der Waals surface area contributed by atoms with Crippen LogP contribution in [0.1, 0.15) is 6.92 Å². The highest BCUT2D eigenvalue weighted by Crippen LogP contribution is 2.24. The lowest BCUT2D eigenvalue weighted by Gasteiger charge is -2.23. The molecule has 0 aromatic heterocycles. The van der Waals surface area contributed by atoms with E-state index in [1.54, 1.807) is 0 Å². The fourth-order valence-corrected chi connectivity index (χ4v) is 1.55. The highest BCUT2D eigenvalue weighted by molar-refractivity contribution is 5.73. The number of fused-ring (bicyclic) bond motifs is 1. The lowest BCUT2D eigenvalue weighted by molar-refractivity contribution is 0.649. The maximum absolute atomic E-state index is 4.40. The molecule has 2 atom stereocenters. The van der Waals surface area contributed by atoms with Gasteiger partial charge in [-0.3, -0.25) is 4.99 Å². The van der Waals surface area contributed by atoms with E-state index < -0.39 is 0 Å². The van der Waals surface area contributed by atoms with Crippen LogP contribution in [-0.2, 0) is 0 Å². The van der Waals surface area contributed by atoms with Gasteiger partial charge in [-0.15, -0.1) is 0 Å². The van der Waals surface area contributed by atoms with Gasteiger partial charge in [-0.1, -0.05) is 24.3 Å². The van der Waals surface area contributed by atoms with Crippen molar-refractivity contribution < 1.29 is 0 Å². The third-order valence-electron chi connectivity index (χ3n) is 2.19. The van der Waals surface area contributed by atoms with Gasteiger partial charge < -0.3 is 0 Å². The largest absolute Gasteiger partial charge is 0.285 e. The maximum Gasteiger partial charge on any atom is 0.0806 e. The molecule has 2 unspecified atom stereocenters. The average molecular weight is 145 g/mol. The molecule has 0 aromatic rings. The molecule has 1 heteroatoms. The summed E-state index contributed by atoms with van der Waals surface area (Å²) >= 11 is 0. The lowest BCUT2D eigenvalue weighted by Crippen LogP contribution is -2.20. The van der Waals surface area contributed by atoms with Crippen LogP contribution in [0.4, 0.5) is 0 Å². The molecule has 0 amide bonds. The van der Waals surface area contributed by atoms with Crippen molar-refractivity contribution in [2.24, 2.45) is 10.9 Å². The standard InChI is InChI=1S/C10H11N/c1-8-4-2-5-9-6-3-7-11-10(8)9/h2-7,9-10H,1H3. The summed E-state index contributed by atoms with van der Waals surface area (Å²) in [4.78, 5) is 4.40. The predicted molar refractivity (Wildman–Crippen MR) is 47.8 cm³/mol. The van der Waals surface area contributed by atoms with Crippen molar-refractivity contribution in [2.75, 3.05) is 0 Å². The van der Waals surface area contributed by atoms with E-state index in [2.05, 4.69) is 36.2 Å². The molecule has 0 N–H and O–H groups in total. The van der Waals surface area contributed by atoms with Gasteiger partial charge in [0.15, 0.2) is 0 Å². The minimum Gasteiger partial charge on any atom is -0.285 e. The second-order valence-electron chi connectivity index (χ2n) is 3.00. The Morgan fingerprint density at radius 3 is 2.91 bits per heavy atom. The van der Waals surface area contributed by atoms with Crippen molar-refractivity contribution >= 4 is 6.21 Å². The molecule has 0 saturated carbocycles. The summed E-state index contributed by atoms with van der Waals surface area (Å²) in [5.41, 5.74) is 1.36. The summed E-state index contributed by atoms with van der Waals surface area (Å²) in [6.45, 7) is 2.14. The van der Waals surface area contributed by atoms with Gasteiger partial charge in [0.2, 0.25) is 0 Å². The van der Waals surface area contributed by atoms with Crippen LogP contribution in [-0.4, -0.2) is 12.3 Å². The van der Waals surface area contributed by atoms with Crippen LogP contribution in [0, 0.1) is 5.92 Å². The molecule has 2 aliphatic rings. The number of hydrogen-bond acceptors (Lipinski definition) is 1. The first-order valence-corrected chi connectivity index (χ1v) is 3.93. The van der Waals surface area contributed by atoms with Crippen LogP contribution in [0.5, 0.6) is 0 Å². The molecule has 1 aliphatic heterocycles. The van der Waals surface area contributed by atoms with Crippen LogP contribution >= 0.6 is 0 Å². The van der Waals surface area contributed by atoms with Crippen molar-refractivity contribution in [3.8, 4) is 0 Å². The molecule has 0 fully saturated rings. The van der Waals surface area contributed by atoms with E-state index in [4.69, 9.17) is 0 Å². The third kappa shape index (κ3) is 1.07. The molecule has 2 rings (SSSR count). The lowest BCUT2D eigenvalue weighted by atomic mass is 9.88. The Morgan fingerprint density at radius 1 is 1.27 bits per heavy atom. The number of rotatable bonds is 0. The molecule has 0 bridgehead atoms. The molecular weight excluding hydrogens is 134 g/mol. The zero-order valence-corrected chi connectivity index (χ0v) is 6.57. The second-order valence-corrected chi connectivity index (χ2v) is 3.00. The van der Waals surface area contributed by atoms with Crippen molar-refractivity contribution in [2.45, 2.75) is 13.0 Å². The number of dihydropyridines is 1. The minimum atomic E-state index is 0.380. The highest BCUT2D eigenvalue weighted by atomic mass is 14.8. The maximum atomic E-state index is 4.40. The van der Waals surface area contributed by atoms with Crippen LogP contribution in [0.3, 0.4) is 0 Å². The van der Waals surface area contributed by atoms with Crippen molar-refractivity contribution in [1.29, 1.82) is 0 Å². The van der Waals surface area contributed by atoms with Crippen LogP contribution in [0.2, 0.25) is 0 Å². The first-order chi connectivity index (χ1) is 5.38. The number of allylic oxidation sites excluding steroid dienone is 3. The smallest absolute Gasteiger partial charge is 0.0806 e. The summed E-state index contributed by atoms with van der Waals surface area (Å²) in [7, 11) is 0. The van der Waals surface area contributed by atoms with Gasteiger partial charge in [-0.05, 0) is 18.6 Å². The van der Waals surface area contributed by atoms with Gasteiger partial charge >= 0.3 is 0 Å². The minimum absolute atomic E-state index is 0.380. The van der Waals surface area contributed by atoms with Gasteiger partial charge in [0.1, 0.15) is 0 Å². The summed E-state index contributed by atoms with van der Waals surface area (Å²) in [6.07, 6.45) is 12.6. The van der Waals surface area contributed by atoms with Crippen LogP contribution in [0.25, 0.3) is 0 Å². The van der Waals surface area contributed by atoms with E-state index >= 15 is 0 Å². The average Bonchev–Trinajstić information content (AvgIpc) is 2.06. The molecular formula is C10H11N. The Hall–Kier alpha value is -1.11. The number of nitrogens with zero attached hydrogens (tertiary/aromatic N) is 1. The molecule has 0 saturated heterocycles. The van der Waals surface area contributed by atoms with Crippen LogP contribution < -0.4 is 0 Å². The molecule has 0 spiro atoms. The number of hydrogen-bond donors (Lipinski definition) is 0. The Balaban J connectivity index is 2.33. The van der Waals surface area contributed by atoms with Crippen LogP contribution in [0.15, 0.2) is 40.9 Å². The Labute approximate surface area is 66.8 Å². The zero-order valence-electron chi connectivity index (χ0n) is 6.57. The topological polar surface area (TPSA) is 12.4 Å². The Kier molecular flexibility index (Phi) is 1.50. The van der Waals surface area contributed by atoms with Gasteiger partial charge in [0.25, 0.3) is 0 Å². The fraction of sp³-hybridized carbons (Fsp3) is 0.300. The fourth-order valence-electron chi connectivity index (χ4n) is 1.55. The van der Waals surface area contributed by atoms with Crippen molar-refractivity contribution in [1.82, 2.24) is 0 Å². The van der Waals surface area contributed by atoms with Gasteiger partial charge in [0.05, 0.1) is 6.04 Å². The Morgan fingerprint density at radius 2 is 2.09 bits per heavy atom. The molecule has 1 aliphatic carbocycles. The highest BCUT2D eigenvalue weighted by Gasteiger charge is 2.20. The van der Waals surface area contributed by atoms with E-state index in [-0.39, 0.29) is 0 Å².